The van der Waals surface area contributed by atoms with Gasteiger partial charge in [-0.1, -0.05) is 0 Å². The average Bonchev–Trinajstić information content (AvgIpc) is 2.75. The van der Waals surface area contributed by atoms with E-state index in [4.69, 9.17) is 4.74 Å². The van der Waals surface area contributed by atoms with Gasteiger partial charge >= 0.3 is 0 Å². The van der Waals surface area contributed by atoms with Crippen LogP contribution in [0.4, 0.5) is 0 Å². The van der Waals surface area contributed by atoms with Crippen molar-refractivity contribution in [1.29, 1.82) is 0 Å². The highest BCUT2D eigenvalue weighted by Gasteiger charge is 2.00. The van der Waals surface area contributed by atoms with Gasteiger partial charge in [0.1, 0.15) is 5.75 Å². The van der Waals surface area contributed by atoms with Crippen molar-refractivity contribution in [2.45, 2.75) is 0 Å². The van der Waals surface area contributed by atoms with E-state index in [-0.39, 0.29) is 0 Å². The zero-order chi connectivity index (χ0) is 8.39. The molecule has 2 aromatic rings. The van der Waals surface area contributed by atoms with Crippen molar-refractivity contribution in [3.63, 3.8) is 0 Å². The van der Waals surface area contributed by atoms with Crippen LogP contribution >= 0.6 is 0 Å². The van der Waals surface area contributed by atoms with Gasteiger partial charge in [-0.05, 0) is 12.1 Å². The molecule has 0 atom stereocenters. The highest BCUT2D eigenvalue weighted by molar-refractivity contribution is 5.56. The lowest BCUT2D eigenvalue weighted by Crippen LogP contribution is -1.76. The van der Waals surface area contributed by atoms with Crippen molar-refractivity contribution in [2.24, 2.45) is 0 Å². The molecule has 0 aliphatic carbocycles. The van der Waals surface area contributed by atoms with E-state index in [1.807, 2.05) is 30.6 Å². The lowest BCUT2D eigenvalue weighted by molar-refractivity contribution is 0.415. The largest absolute Gasteiger partial charge is 0.495 e. The Kier molecular flexibility index (Phi) is 1.63. The molecule has 0 spiro atoms. The van der Waals surface area contributed by atoms with E-state index in [1.54, 1.807) is 7.11 Å². The highest BCUT2D eigenvalue weighted by atomic mass is 16.5. The molecule has 12 heavy (non-hydrogen) atoms. The minimum atomic E-state index is 0.847. The Balaban J connectivity index is 2.35. The molecule has 0 radical (unpaired) electrons. The van der Waals surface area contributed by atoms with E-state index < -0.39 is 0 Å². The third-order valence-electron chi connectivity index (χ3n) is 1.78. The van der Waals surface area contributed by atoms with Crippen LogP contribution in [0.1, 0.15) is 0 Å². The van der Waals surface area contributed by atoms with Crippen molar-refractivity contribution in [1.82, 2.24) is 9.97 Å². The smallest absolute Gasteiger partial charge is 0.136 e. The summed E-state index contributed by atoms with van der Waals surface area (Å²) in [4.78, 5) is 6.21. The van der Waals surface area contributed by atoms with Crippen molar-refractivity contribution in [3.05, 3.63) is 30.6 Å². The number of rotatable bonds is 2. The first-order valence-electron chi connectivity index (χ1n) is 3.76. The molecular weight excluding hydrogens is 152 g/mol. The SMILES string of the molecule is COc1c[nH]c(-c2ccc[nH]2)c1. The van der Waals surface area contributed by atoms with Gasteiger partial charge in [-0.25, -0.2) is 0 Å². The lowest BCUT2D eigenvalue weighted by atomic mass is 10.3. The molecule has 0 saturated heterocycles. The van der Waals surface area contributed by atoms with Gasteiger partial charge in [-0.3, -0.25) is 0 Å². The fourth-order valence-corrected chi connectivity index (χ4v) is 1.15. The number of H-pyrrole nitrogens is 2. The van der Waals surface area contributed by atoms with Crippen LogP contribution in [0.3, 0.4) is 0 Å². The summed E-state index contributed by atoms with van der Waals surface area (Å²) in [5.74, 6) is 0.847. The minimum Gasteiger partial charge on any atom is -0.495 e. The van der Waals surface area contributed by atoms with Gasteiger partial charge < -0.3 is 14.7 Å². The summed E-state index contributed by atoms with van der Waals surface area (Å²) < 4.78 is 5.05. The molecule has 0 amide bonds. The third kappa shape index (κ3) is 1.09. The fraction of sp³-hybridized carbons (Fsp3) is 0.111. The van der Waals surface area contributed by atoms with E-state index in [9.17, 15) is 0 Å². The van der Waals surface area contributed by atoms with Crippen LogP contribution in [0.2, 0.25) is 0 Å². The molecule has 0 unspecified atom stereocenters. The summed E-state index contributed by atoms with van der Waals surface area (Å²) in [6.07, 6.45) is 3.72. The van der Waals surface area contributed by atoms with E-state index >= 15 is 0 Å². The molecule has 2 rings (SSSR count). The maximum Gasteiger partial charge on any atom is 0.136 e. The van der Waals surface area contributed by atoms with Gasteiger partial charge in [0.05, 0.1) is 18.5 Å². The molecule has 2 heterocycles. The van der Waals surface area contributed by atoms with E-state index in [1.165, 1.54) is 0 Å². The molecule has 3 heteroatoms. The molecule has 0 fully saturated rings. The molecule has 62 valence electrons. The quantitative estimate of drug-likeness (QED) is 0.696. The topological polar surface area (TPSA) is 40.8 Å². The molecule has 0 aromatic carbocycles. The monoisotopic (exact) mass is 162 g/mol. The zero-order valence-electron chi connectivity index (χ0n) is 6.79. The van der Waals surface area contributed by atoms with Crippen molar-refractivity contribution in [2.75, 3.05) is 7.11 Å². The van der Waals surface area contributed by atoms with Gasteiger partial charge in [-0.15, -0.1) is 0 Å². The van der Waals surface area contributed by atoms with Crippen LogP contribution in [0.5, 0.6) is 5.75 Å². The third-order valence-corrected chi connectivity index (χ3v) is 1.78. The van der Waals surface area contributed by atoms with Gasteiger partial charge in [-0.2, -0.15) is 0 Å². The summed E-state index contributed by atoms with van der Waals surface area (Å²) in [6.45, 7) is 0. The fourth-order valence-electron chi connectivity index (χ4n) is 1.15. The van der Waals surface area contributed by atoms with E-state index in [2.05, 4.69) is 9.97 Å². The number of aromatic amines is 2. The molecule has 0 bridgehead atoms. The Labute approximate surface area is 70.4 Å². The minimum absolute atomic E-state index is 0.847. The first-order chi connectivity index (χ1) is 5.90. The lowest BCUT2D eigenvalue weighted by Gasteiger charge is -1.90. The summed E-state index contributed by atoms with van der Waals surface area (Å²) in [5.41, 5.74) is 2.11. The Morgan fingerprint density at radius 1 is 1.25 bits per heavy atom. The standard InChI is InChI=1S/C9H10N2O/c1-12-7-5-9(11-6-7)8-3-2-4-10-8/h2-6,10-11H,1H3. The van der Waals surface area contributed by atoms with Crippen LogP contribution in [-0.2, 0) is 0 Å². The van der Waals surface area contributed by atoms with Gasteiger partial charge in [0.25, 0.3) is 0 Å². The second-order valence-electron chi connectivity index (χ2n) is 2.54. The second-order valence-corrected chi connectivity index (χ2v) is 2.54. The summed E-state index contributed by atoms with van der Waals surface area (Å²) in [7, 11) is 1.65. The summed E-state index contributed by atoms with van der Waals surface area (Å²) in [6, 6.07) is 5.92. The van der Waals surface area contributed by atoms with Gasteiger partial charge in [0, 0.05) is 18.5 Å². The Morgan fingerprint density at radius 2 is 2.17 bits per heavy atom. The maximum atomic E-state index is 5.05. The molecule has 2 aromatic heterocycles. The van der Waals surface area contributed by atoms with Crippen LogP contribution in [0, 0.1) is 0 Å². The zero-order valence-corrected chi connectivity index (χ0v) is 6.79. The van der Waals surface area contributed by atoms with Crippen LogP contribution in [0.25, 0.3) is 11.4 Å². The van der Waals surface area contributed by atoms with Crippen LogP contribution in [-0.4, -0.2) is 17.1 Å². The van der Waals surface area contributed by atoms with Crippen LogP contribution < -0.4 is 4.74 Å². The predicted molar refractivity (Wildman–Crippen MR) is 47.1 cm³/mol. The number of hydrogen-bond donors (Lipinski definition) is 2. The number of hydrogen-bond acceptors (Lipinski definition) is 1. The number of methoxy groups -OCH3 is 1. The predicted octanol–water partition coefficient (Wildman–Crippen LogP) is 2.02. The van der Waals surface area contributed by atoms with Crippen molar-refractivity contribution in [3.8, 4) is 17.1 Å². The molecular formula is C9H10N2O. The molecule has 2 N–H and O–H groups in total. The Morgan fingerprint density at radius 3 is 2.75 bits per heavy atom. The van der Waals surface area contributed by atoms with Crippen molar-refractivity contribution >= 4 is 0 Å². The number of aromatic nitrogens is 2. The second kappa shape index (κ2) is 2.77. The number of nitrogens with one attached hydrogen (secondary N) is 2. The van der Waals surface area contributed by atoms with Gasteiger partial charge in [0.2, 0.25) is 0 Å². The van der Waals surface area contributed by atoms with Crippen LogP contribution in [0.15, 0.2) is 30.6 Å². The molecule has 0 aliphatic heterocycles. The van der Waals surface area contributed by atoms with Crippen molar-refractivity contribution < 1.29 is 4.74 Å². The first kappa shape index (κ1) is 7.03. The molecule has 0 saturated carbocycles. The van der Waals surface area contributed by atoms with Gasteiger partial charge in [0.15, 0.2) is 0 Å². The summed E-state index contributed by atoms with van der Waals surface area (Å²) >= 11 is 0. The molecule has 3 nitrogen and oxygen atoms in total. The normalized spacial score (nSPS) is 10.1. The Hall–Kier alpha value is -1.64. The first-order valence-corrected chi connectivity index (χ1v) is 3.76. The summed E-state index contributed by atoms with van der Waals surface area (Å²) in [5, 5.41) is 0. The number of ether oxygens (including phenoxy) is 1. The molecule has 0 aliphatic rings. The van der Waals surface area contributed by atoms with E-state index in [0.29, 0.717) is 0 Å². The highest BCUT2D eigenvalue weighted by Crippen LogP contribution is 2.20. The maximum absolute atomic E-state index is 5.05. The Bertz CT molecular complexity index is 348. The average molecular weight is 162 g/mol. The van der Waals surface area contributed by atoms with E-state index in [0.717, 1.165) is 17.1 Å².